The van der Waals surface area contributed by atoms with Crippen LogP contribution in [-0.2, 0) is 0 Å². The highest BCUT2D eigenvalue weighted by molar-refractivity contribution is 7.99. The van der Waals surface area contributed by atoms with Crippen LogP contribution in [0, 0.1) is 0 Å². The Bertz CT molecular complexity index is 575. The van der Waals surface area contributed by atoms with Crippen LogP contribution in [0.3, 0.4) is 0 Å². The van der Waals surface area contributed by atoms with E-state index in [1.54, 1.807) is 11.8 Å². The number of fused-ring (bicyclic) bond motifs is 1. The van der Waals surface area contributed by atoms with E-state index < -0.39 is 0 Å². The third-order valence-corrected chi connectivity index (χ3v) is 3.91. The number of hydrogen-bond donors (Lipinski definition) is 0. The van der Waals surface area contributed by atoms with Gasteiger partial charge in [0.2, 0.25) is 0 Å². The molecule has 2 aromatic carbocycles. The normalized spacial score (nSPS) is 12.3. The molecule has 0 N–H and O–H groups in total. The van der Waals surface area contributed by atoms with Gasteiger partial charge in [-0.2, -0.15) is 0 Å². The lowest BCUT2D eigenvalue weighted by atomic mass is 9.73. The Kier molecular flexibility index (Phi) is 3.00. The summed E-state index contributed by atoms with van der Waals surface area (Å²) < 4.78 is 0. The smallest absolute Gasteiger partial charge is 0.116 e. The van der Waals surface area contributed by atoms with Crippen molar-refractivity contribution in [1.82, 2.24) is 0 Å². The highest BCUT2D eigenvalue weighted by Gasteiger charge is 2.07. The van der Waals surface area contributed by atoms with Crippen LogP contribution in [0.1, 0.15) is 5.56 Å². The summed E-state index contributed by atoms with van der Waals surface area (Å²) in [6.07, 6.45) is 2.13. The molecule has 0 amide bonds. The van der Waals surface area contributed by atoms with Gasteiger partial charge in [-0.05, 0) is 35.9 Å². The van der Waals surface area contributed by atoms with Crippen LogP contribution in [0.25, 0.3) is 6.08 Å². The number of halogens is 1. The summed E-state index contributed by atoms with van der Waals surface area (Å²) in [5.74, 6) is 2.08. The average molecular weight is 256 g/mol. The third kappa shape index (κ3) is 2.43. The first-order valence-corrected chi connectivity index (χ1v) is 6.60. The van der Waals surface area contributed by atoms with Gasteiger partial charge in [0.05, 0.1) is 0 Å². The average Bonchev–Trinajstić information content (AvgIpc) is 2.79. The molecule has 17 heavy (non-hydrogen) atoms. The summed E-state index contributed by atoms with van der Waals surface area (Å²) in [6, 6.07) is 14.5. The second-order valence-electron chi connectivity index (χ2n) is 3.87. The molecule has 0 bridgehead atoms. The summed E-state index contributed by atoms with van der Waals surface area (Å²) in [6.45, 7) is 0. The molecule has 0 unspecified atom stereocenters. The van der Waals surface area contributed by atoms with Crippen LogP contribution < -0.4 is 5.46 Å². The minimum Gasteiger partial charge on any atom is -0.116 e. The summed E-state index contributed by atoms with van der Waals surface area (Å²) in [4.78, 5) is 2.46. The van der Waals surface area contributed by atoms with Gasteiger partial charge in [-0.3, -0.25) is 0 Å². The third-order valence-electron chi connectivity index (χ3n) is 2.66. The predicted molar refractivity (Wildman–Crippen MR) is 76.4 cm³/mol. The number of benzene rings is 2. The van der Waals surface area contributed by atoms with Crippen molar-refractivity contribution in [2.75, 3.05) is 0 Å². The Labute approximate surface area is 111 Å². The molecule has 3 rings (SSSR count). The summed E-state index contributed by atoms with van der Waals surface area (Å²) in [5, 5.41) is 0.779. The molecule has 1 heterocycles. The van der Waals surface area contributed by atoms with Crippen LogP contribution in [-0.4, -0.2) is 7.28 Å². The fraction of sp³-hybridized carbons (Fsp3) is 0. The lowest BCUT2D eigenvalue weighted by Gasteiger charge is -2.05. The first-order chi connectivity index (χ1) is 8.31. The Balaban J connectivity index is 1.84. The van der Waals surface area contributed by atoms with Gasteiger partial charge in [-0.1, -0.05) is 47.0 Å². The molecule has 1 radical (unpaired) electrons. The maximum atomic E-state index is 5.87. The number of rotatable bonds is 2. The maximum Gasteiger partial charge on any atom is 0.182 e. The fourth-order valence-corrected chi connectivity index (χ4v) is 2.80. The zero-order valence-electron chi connectivity index (χ0n) is 9.06. The van der Waals surface area contributed by atoms with E-state index in [2.05, 4.69) is 37.5 Å². The van der Waals surface area contributed by atoms with Crippen molar-refractivity contribution >= 4 is 42.2 Å². The van der Waals surface area contributed by atoms with Gasteiger partial charge in [0.25, 0.3) is 0 Å². The number of hydrogen-bond acceptors (Lipinski definition) is 1. The van der Waals surface area contributed by atoms with Gasteiger partial charge in [0, 0.05) is 14.8 Å². The summed E-state index contributed by atoms with van der Waals surface area (Å²) in [7, 11) is 2.14. The Hall–Kier alpha value is -1.12. The molecule has 0 saturated heterocycles. The highest BCUT2D eigenvalue weighted by Crippen LogP contribution is 2.28. The summed E-state index contributed by atoms with van der Waals surface area (Å²) >= 11 is 7.62. The first kappa shape index (κ1) is 11.0. The van der Waals surface area contributed by atoms with Crippen LogP contribution >= 0.6 is 23.4 Å². The molecule has 1 aliphatic rings. The molecule has 81 valence electrons. The molecule has 0 fully saturated rings. The van der Waals surface area contributed by atoms with Gasteiger partial charge in [0.15, 0.2) is 7.28 Å². The van der Waals surface area contributed by atoms with Crippen LogP contribution in [0.5, 0.6) is 0 Å². The van der Waals surface area contributed by atoms with E-state index in [1.807, 2.05) is 24.3 Å². The minimum absolute atomic E-state index is 0.779. The molecule has 3 heteroatoms. The zero-order chi connectivity index (χ0) is 11.7. The van der Waals surface area contributed by atoms with Crippen molar-refractivity contribution in [3.8, 4) is 0 Å². The Morgan fingerprint density at radius 1 is 0.941 bits per heavy atom. The van der Waals surface area contributed by atoms with Crippen molar-refractivity contribution in [2.45, 2.75) is 9.79 Å². The van der Waals surface area contributed by atoms with Crippen molar-refractivity contribution in [3.63, 3.8) is 0 Å². The summed E-state index contributed by atoms with van der Waals surface area (Å²) in [5.41, 5.74) is 2.59. The van der Waals surface area contributed by atoms with Crippen LogP contribution in [0.15, 0.2) is 58.2 Å². The Morgan fingerprint density at radius 3 is 2.53 bits per heavy atom. The van der Waals surface area contributed by atoms with Crippen molar-refractivity contribution in [3.05, 3.63) is 59.0 Å². The minimum atomic E-state index is 0.779. The molecular formula is C14H9BClS. The topological polar surface area (TPSA) is 0 Å². The highest BCUT2D eigenvalue weighted by atomic mass is 35.5. The lowest BCUT2D eigenvalue weighted by Crippen LogP contribution is -2.10. The van der Waals surface area contributed by atoms with Crippen LogP contribution in [0.2, 0.25) is 5.02 Å². The predicted octanol–water partition coefficient (Wildman–Crippen LogP) is 3.81. The molecule has 0 saturated carbocycles. The van der Waals surface area contributed by atoms with E-state index in [0.717, 1.165) is 5.02 Å². The first-order valence-electron chi connectivity index (χ1n) is 5.40. The SMILES string of the molecule is Clc1ccc(Sc2ccc3c(c2)[B]C=C3)cc1. The molecule has 0 nitrogen and oxygen atoms in total. The largest absolute Gasteiger partial charge is 0.182 e. The van der Waals surface area contributed by atoms with Crippen LogP contribution in [0.4, 0.5) is 0 Å². The quantitative estimate of drug-likeness (QED) is 0.736. The fourth-order valence-electron chi connectivity index (χ4n) is 1.81. The standard InChI is InChI=1S/C14H9BClS/c16-11-2-5-12(6-3-11)17-13-4-1-10-7-8-15-14(10)9-13/h1-9H. The molecular weight excluding hydrogens is 246 g/mol. The lowest BCUT2D eigenvalue weighted by molar-refractivity contribution is 1.41. The van der Waals surface area contributed by atoms with Gasteiger partial charge in [0.1, 0.15) is 0 Å². The van der Waals surface area contributed by atoms with Gasteiger partial charge in [-0.25, -0.2) is 0 Å². The molecule has 0 atom stereocenters. The van der Waals surface area contributed by atoms with Crippen molar-refractivity contribution in [1.29, 1.82) is 0 Å². The van der Waals surface area contributed by atoms with E-state index >= 15 is 0 Å². The molecule has 0 spiro atoms. The maximum absolute atomic E-state index is 5.87. The van der Waals surface area contributed by atoms with Gasteiger partial charge < -0.3 is 0 Å². The van der Waals surface area contributed by atoms with Crippen molar-refractivity contribution < 1.29 is 0 Å². The van der Waals surface area contributed by atoms with E-state index in [9.17, 15) is 0 Å². The van der Waals surface area contributed by atoms with Gasteiger partial charge in [-0.15, -0.1) is 5.98 Å². The second-order valence-corrected chi connectivity index (χ2v) is 5.46. The van der Waals surface area contributed by atoms with E-state index in [1.165, 1.54) is 20.8 Å². The zero-order valence-corrected chi connectivity index (χ0v) is 10.6. The second kappa shape index (κ2) is 4.63. The molecule has 1 aliphatic heterocycles. The molecule has 0 aromatic heterocycles. The monoisotopic (exact) mass is 255 g/mol. The van der Waals surface area contributed by atoms with E-state index in [4.69, 9.17) is 11.6 Å². The van der Waals surface area contributed by atoms with E-state index in [0.29, 0.717) is 0 Å². The van der Waals surface area contributed by atoms with Gasteiger partial charge >= 0.3 is 0 Å². The molecule has 2 aromatic rings. The Morgan fingerprint density at radius 2 is 1.71 bits per heavy atom. The molecule has 0 aliphatic carbocycles. The van der Waals surface area contributed by atoms with Crippen molar-refractivity contribution in [2.24, 2.45) is 0 Å². The van der Waals surface area contributed by atoms with E-state index in [-0.39, 0.29) is 0 Å².